The number of nitrogens with zero attached hydrogens (tertiary/aromatic N) is 5. The zero-order valence-corrected chi connectivity index (χ0v) is 15.4. The summed E-state index contributed by atoms with van der Waals surface area (Å²) in [4.78, 5) is 13.2. The summed E-state index contributed by atoms with van der Waals surface area (Å²) in [6.07, 6.45) is 0. The van der Waals surface area contributed by atoms with E-state index in [4.69, 9.17) is 9.26 Å². The van der Waals surface area contributed by atoms with Gasteiger partial charge in [0.15, 0.2) is 11.8 Å². The minimum Gasteiger partial charge on any atom is -0.492 e. The molecule has 1 N–H and O–H groups in total. The Hall–Kier alpha value is -2.61. The second-order valence-electron chi connectivity index (χ2n) is 6.12. The maximum absolute atomic E-state index is 5.78. The van der Waals surface area contributed by atoms with Crippen LogP contribution in [-0.2, 0) is 6.54 Å². The molecule has 140 valence electrons. The number of hydrogen-bond acceptors (Lipinski definition) is 6. The van der Waals surface area contributed by atoms with Crippen molar-refractivity contribution in [1.29, 1.82) is 0 Å². The Kier molecular flexibility index (Phi) is 6.43. The highest BCUT2D eigenvalue weighted by molar-refractivity contribution is 5.79. The number of ether oxygens (including phenoxy) is 1. The fourth-order valence-corrected chi connectivity index (χ4v) is 2.90. The molecule has 1 saturated heterocycles. The molecule has 1 aliphatic heterocycles. The molecule has 0 unspecified atom stereocenters. The lowest BCUT2D eigenvalue weighted by molar-refractivity contribution is 0.152. The van der Waals surface area contributed by atoms with Crippen LogP contribution >= 0.6 is 0 Å². The van der Waals surface area contributed by atoms with Gasteiger partial charge in [-0.05, 0) is 12.1 Å². The summed E-state index contributed by atoms with van der Waals surface area (Å²) in [6.45, 7) is 7.75. The standard InChI is InChI=1S/C18H26N6O2/c1-15-21-17(22-26-15)14-20-18(19-2)24-10-8-23(9-11-24)12-13-25-16-6-4-3-5-7-16/h3-7H,8-14H2,1-2H3,(H,19,20). The molecule has 0 aliphatic carbocycles. The van der Waals surface area contributed by atoms with Crippen molar-refractivity contribution in [2.24, 2.45) is 4.99 Å². The Labute approximate surface area is 153 Å². The fraction of sp³-hybridized carbons (Fsp3) is 0.500. The van der Waals surface area contributed by atoms with Crippen LogP contribution in [0.3, 0.4) is 0 Å². The first-order valence-corrected chi connectivity index (χ1v) is 8.89. The number of aliphatic imine (C=N–C) groups is 1. The highest BCUT2D eigenvalue weighted by Gasteiger charge is 2.19. The van der Waals surface area contributed by atoms with E-state index in [9.17, 15) is 0 Å². The van der Waals surface area contributed by atoms with Crippen molar-refractivity contribution in [1.82, 2.24) is 25.3 Å². The molecule has 1 aromatic heterocycles. The number of hydrogen-bond donors (Lipinski definition) is 1. The van der Waals surface area contributed by atoms with Gasteiger partial charge in [-0.1, -0.05) is 23.4 Å². The Morgan fingerprint density at radius 2 is 2.00 bits per heavy atom. The average Bonchev–Trinajstić information content (AvgIpc) is 3.09. The summed E-state index contributed by atoms with van der Waals surface area (Å²) in [5.41, 5.74) is 0. The van der Waals surface area contributed by atoms with E-state index in [1.165, 1.54) is 0 Å². The smallest absolute Gasteiger partial charge is 0.223 e. The van der Waals surface area contributed by atoms with Crippen LogP contribution in [0.2, 0.25) is 0 Å². The fourth-order valence-electron chi connectivity index (χ4n) is 2.90. The SMILES string of the molecule is CN=C(NCc1noc(C)n1)N1CCN(CCOc2ccccc2)CC1. The number of para-hydroxylation sites is 1. The normalized spacial score (nSPS) is 15.9. The van der Waals surface area contributed by atoms with Gasteiger partial charge in [-0.3, -0.25) is 9.89 Å². The topological polar surface area (TPSA) is 79.0 Å². The van der Waals surface area contributed by atoms with Crippen LogP contribution in [0.5, 0.6) is 5.75 Å². The predicted octanol–water partition coefficient (Wildman–Crippen LogP) is 1.15. The van der Waals surface area contributed by atoms with Crippen molar-refractivity contribution < 1.29 is 9.26 Å². The second-order valence-corrected chi connectivity index (χ2v) is 6.12. The summed E-state index contributed by atoms with van der Waals surface area (Å²) in [6, 6.07) is 9.94. The van der Waals surface area contributed by atoms with E-state index < -0.39 is 0 Å². The molecule has 0 spiro atoms. The van der Waals surface area contributed by atoms with Gasteiger partial charge in [0.1, 0.15) is 12.4 Å². The number of piperazine rings is 1. The molecule has 8 nitrogen and oxygen atoms in total. The summed E-state index contributed by atoms with van der Waals surface area (Å²) in [5, 5.41) is 7.19. The number of rotatable bonds is 6. The van der Waals surface area contributed by atoms with E-state index in [1.807, 2.05) is 30.3 Å². The molecule has 2 aromatic rings. The van der Waals surface area contributed by atoms with Gasteiger partial charge in [-0.2, -0.15) is 4.98 Å². The van der Waals surface area contributed by atoms with E-state index in [2.05, 4.69) is 30.2 Å². The van der Waals surface area contributed by atoms with E-state index >= 15 is 0 Å². The van der Waals surface area contributed by atoms with Crippen molar-refractivity contribution in [2.75, 3.05) is 46.4 Å². The molecular formula is C18H26N6O2. The Bertz CT molecular complexity index is 695. The monoisotopic (exact) mass is 358 g/mol. The lowest BCUT2D eigenvalue weighted by Crippen LogP contribution is -2.52. The quantitative estimate of drug-likeness (QED) is 0.613. The molecule has 1 aromatic carbocycles. The molecule has 0 radical (unpaired) electrons. The number of aryl methyl sites for hydroxylation is 1. The minimum atomic E-state index is 0.509. The molecule has 1 fully saturated rings. The predicted molar refractivity (Wildman–Crippen MR) is 99.2 cm³/mol. The largest absolute Gasteiger partial charge is 0.492 e. The van der Waals surface area contributed by atoms with Gasteiger partial charge in [-0.25, -0.2) is 0 Å². The number of nitrogens with one attached hydrogen (secondary N) is 1. The van der Waals surface area contributed by atoms with Crippen LogP contribution in [0, 0.1) is 6.92 Å². The first kappa shape index (κ1) is 18.2. The van der Waals surface area contributed by atoms with E-state index in [1.54, 1.807) is 14.0 Å². The molecule has 0 bridgehead atoms. The van der Waals surface area contributed by atoms with Gasteiger partial charge < -0.3 is 19.5 Å². The summed E-state index contributed by atoms with van der Waals surface area (Å²) in [5.74, 6) is 3.00. The van der Waals surface area contributed by atoms with E-state index in [0.29, 0.717) is 24.9 Å². The van der Waals surface area contributed by atoms with Gasteiger partial charge in [0.2, 0.25) is 5.89 Å². The number of benzene rings is 1. The molecule has 8 heteroatoms. The molecule has 1 aliphatic rings. The molecular weight excluding hydrogens is 332 g/mol. The minimum absolute atomic E-state index is 0.509. The average molecular weight is 358 g/mol. The van der Waals surface area contributed by atoms with Crippen LogP contribution in [-0.4, -0.2) is 72.3 Å². The van der Waals surface area contributed by atoms with Gasteiger partial charge in [0.25, 0.3) is 0 Å². The summed E-state index contributed by atoms with van der Waals surface area (Å²) >= 11 is 0. The molecule has 2 heterocycles. The number of guanidine groups is 1. The lowest BCUT2D eigenvalue weighted by atomic mass is 10.3. The van der Waals surface area contributed by atoms with Gasteiger partial charge in [0.05, 0.1) is 6.54 Å². The van der Waals surface area contributed by atoms with E-state index in [-0.39, 0.29) is 0 Å². The Balaban J connectivity index is 1.37. The van der Waals surface area contributed by atoms with Crippen LogP contribution < -0.4 is 10.1 Å². The van der Waals surface area contributed by atoms with Crippen LogP contribution in [0.4, 0.5) is 0 Å². The van der Waals surface area contributed by atoms with Gasteiger partial charge in [0, 0.05) is 46.7 Å². The maximum atomic E-state index is 5.78. The van der Waals surface area contributed by atoms with E-state index in [0.717, 1.165) is 44.4 Å². The third-order valence-corrected chi connectivity index (χ3v) is 4.28. The van der Waals surface area contributed by atoms with Gasteiger partial charge >= 0.3 is 0 Å². The van der Waals surface area contributed by atoms with Crippen LogP contribution in [0.15, 0.2) is 39.8 Å². The van der Waals surface area contributed by atoms with Crippen molar-refractivity contribution in [2.45, 2.75) is 13.5 Å². The third kappa shape index (κ3) is 5.19. The molecule has 26 heavy (non-hydrogen) atoms. The molecule has 0 atom stereocenters. The van der Waals surface area contributed by atoms with Crippen LogP contribution in [0.25, 0.3) is 0 Å². The van der Waals surface area contributed by atoms with Gasteiger partial charge in [-0.15, -0.1) is 0 Å². The molecule has 0 amide bonds. The third-order valence-electron chi connectivity index (χ3n) is 4.28. The second kappa shape index (κ2) is 9.19. The molecule has 3 rings (SSSR count). The van der Waals surface area contributed by atoms with Crippen LogP contribution in [0.1, 0.15) is 11.7 Å². The van der Waals surface area contributed by atoms with Crippen molar-refractivity contribution in [3.05, 3.63) is 42.0 Å². The number of aromatic nitrogens is 2. The maximum Gasteiger partial charge on any atom is 0.223 e. The van der Waals surface area contributed by atoms with Crippen molar-refractivity contribution >= 4 is 5.96 Å². The first-order chi connectivity index (χ1) is 12.7. The summed E-state index contributed by atoms with van der Waals surface area (Å²) in [7, 11) is 1.80. The van der Waals surface area contributed by atoms with Crippen molar-refractivity contribution in [3.8, 4) is 5.75 Å². The zero-order valence-electron chi connectivity index (χ0n) is 15.4. The first-order valence-electron chi connectivity index (χ1n) is 8.89. The Morgan fingerprint density at radius 3 is 2.65 bits per heavy atom. The van der Waals surface area contributed by atoms with Crippen molar-refractivity contribution in [3.63, 3.8) is 0 Å². The Morgan fingerprint density at radius 1 is 1.23 bits per heavy atom. The highest BCUT2D eigenvalue weighted by Crippen LogP contribution is 2.09. The zero-order chi connectivity index (χ0) is 18.2. The molecule has 0 saturated carbocycles. The lowest BCUT2D eigenvalue weighted by Gasteiger charge is -2.36. The summed E-state index contributed by atoms with van der Waals surface area (Å²) < 4.78 is 10.8. The highest BCUT2D eigenvalue weighted by atomic mass is 16.5.